The van der Waals surface area contributed by atoms with E-state index in [1.165, 1.54) is 43.7 Å². The Hall–Kier alpha value is -2.69. The minimum Gasteiger partial charge on any atom is -0.496 e. The summed E-state index contributed by atoms with van der Waals surface area (Å²) in [4.78, 5) is 19.6. The van der Waals surface area contributed by atoms with E-state index in [1.807, 2.05) is 29.2 Å². The number of anilines is 2. The fourth-order valence-electron chi connectivity index (χ4n) is 4.19. The van der Waals surface area contributed by atoms with Gasteiger partial charge in [0.1, 0.15) is 5.75 Å². The number of piperidine rings is 1. The van der Waals surface area contributed by atoms with Crippen molar-refractivity contribution < 1.29 is 9.53 Å². The lowest BCUT2D eigenvalue weighted by molar-refractivity contribution is 0.0743. The van der Waals surface area contributed by atoms with Crippen LogP contribution in [0.1, 0.15) is 29.6 Å². The summed E-state index contributed by atoms with van der Waals surface area (Å²) in [5.41, 5.74) is 3.21. The third-order valence-corrected chi connectivity index (χ3v) is 5.84. The van der Waals surface area contributed by atoms with Crippen molar-refractivity contribution >= 4 is 17.3 Å². The summed E-state index contributed by atoms with van der Waals surface area (Å²) in [6.45, 7) is 5.50. The Kier molecular flexibility index (Phi) is 5.70. The second-order valence-electron chi connectivity index (χ2n) is 7.54. The summed E-state index contributed by atoms with van der Waals surface area (Å²) in [5.74, 6) is 0.695. The topological polar surface area (TPSA) is 36.0 Å². The molecule has 2 aliphatic rings. The van der Waals surface area contributed by atoms with Crippen molar-refractivity contribution in [2.24, 2.45) is 0 Å². The number of benzene rings is 2. The Bertz CT molecular complexity index is 792. The van der Waals surface area contributed by atoms with Crippen LogP contribution in [0.3, 0.4) is 0 Å². The van der Waals surface area contributed by atoms with Gasteiger partial charge in [-0.3, -0.25) is 4.79 Å². The summed E-state index contributed by atoms with van der Waals surface area (Å²) in [6, 6.07) is 16.4. The van der Waals surface area contributed by atoms with Crippen LogP contribution in [0.15, 0.2) is 48.5 Å². The molecule has 2 aromatic rings. The van der Waals surface area contributed by atoms with Gasteiger partial charge in [0.15, 0.2) is 0 Å². The largest absolute Gasteiger partial charge is 0.496 e. The standard InChI is InChI=1S/C23H29N3O2/c1-28-22-8-4-3-7-21(22)23(27)26-17-15-25(16-18-26)20-11-9-19(10-12-20)24-13-5-2-6-14-24/h3-4,7-12H,2,5-6,13-18H2,1H3. The van der Waals surface area contributed by atoms with Gasteiger partial charge in [-0.25, -0.2) is 0 Å². The molecule has 4 rings (SSSR count). The van der Waals surface area contributed by atoms with Gasteiger partial charge in [0, 0.05) is 50.6 Å². The molecule has 2 aromatic carbocycles. The lowest BCUT2D eigenvalue weighted by atomic mass is 10.1. The van der Waals surface area contributed by atoms with E-state index in [0.29, 0.717) is 11.3 Å². The molecule has 148 valence electrons. The van der Waals surface area contributed by atoms with Crippen molar-refractivity contribution in [3.63, 3.8) is 0 Å². The average Bonchev–Trinajstić information content (AvgIpc) is 2.79. The number of carbonyl (C=O) groups is 1. The highest BCUT2D eigenvalue weighted by Gasteiger charge is 2.24. The molecule has 2 aliphatic heterocycles. The lowest BCUT2D eigenvalue weighted by Gasteiger charge is -2.36. The maximum Gasteiger partial charge on any atom is 0.257 e. The van der Waals surface area contributed by atoms with E-state index in [0.717, 1.165) is 26.2 Å². The smallest absolute Gasteiger partial charge is 0.257 e. The predicted molar refractivity (Wildman–Crippen MR) is 114 cm³/mol. The van der Waals surface area contributed by atoms with E-state index in [9.17, 15) is 4.79 Å². The highest BCUT2D eigenvalue weighted by molar-refractivity contribution is 5.97. The van der Waals surface area contributed by atoms with Gasteiger partial charge >= 0.3 is 0 Å². The van der Waals surface area contributed by atoms with Crippen molar-refractivity contribution in [1.82, 2.24) is 4.90 Å². The molecule has 0 unspecified atom stereocenters. The second kappa shape index (κ2) is 8.55. The van der Waals surface area contributed by atoms with Crippen LogP contribution in [-0.2, 0) is 0 Å². The Morgan fingerprint density at radius 1 is 0.750 bits per heavy atom. The average molecular weight is 380 g/mol. The fourth-order valence-corrected chi connectivity index (χ4v) is 4.19. The zero-order valence-electron chi connectivity index (χ0n) is 16.6. The SMILES string of the molecule is COc1ccccc1C(=O)N1CCN(c2ccc(N3CCCCC3)cc2)CC1. The third-order valence-electron chi connectivity index (χ3n) is 5.84. The number of methoxy groups -OCH3 is 1. The van der Waals surface area contributed by atoms with E-state index < -0.39 is 0 Å². The van der Waals surface area contributed by atoms with E-state index in [4.69, 9.17) is 4.74 Å². The minimum atomic E-state index is 0.0533. The Morgan fingerprint density at radius 3 is 1.93 bits per heavy atom. The third kappa shape index (κ3) is 3.93. The molecular weight excluding hydrogens is 350 g/mol. The molecule has 0 atom stereocenters. The summed E-state index contributed by atoms with van der Waals surface area (Å²) >= 11 is 0. The number of ether oxygens (including phenoxy) is 1. The van der Waals surface area contributed by atoms with Crippen molar-refractivity contribution in [3.05, 3.63) is 54.1 Å². The van der Waals surface area contributed by atoms with Crippen LogP contribution in [-0.4, -0.2) is 57.2 Å². The lowest BCUT2D eigenvalue weighted by Crippen LogP contribution is -2.48. The van der Waals surface area contributed by atoms with Gasteiger partial charge in [0.25, 0.3) is 5.91 Å². The minimum absolute atomic E-state index is 0.0533. The van der Waals surface area contributed by atoms with Crippen molar-refractivity contribution in [2.75, 3.05) is 56.2 Å². The zero-order valence-corrected chi connectivity index (χ0v) is 16.6. The number of para-hydroxylation sites is 1. The first-order valence-corrected chi connectivity index (χ1v) is 10.3. The van der Waals surface area contributed by atoms with Crippen LogP contribution < -0.4 is 14.5 Å². The molecule has 0 saturated carbocycles. The summed E-state index contributed by atoms with van der Waals surface area (Å²) in [6.07, 6.45) is 3.94. The number of hydrogen-bond donors (Lipinski definition) is 0. The van der Waals surface area contributed by atoms with Crippen molar-refractivity contribution in [2.45, 2.75) is 19.3 Å². The molecule has 0 bridgehead atoms. The molecule has 2 fully saturated rings. The Labute approximate surface area is 167 Å². The molecule has 2 saturated heterocycles. The van der Waals surface area contributed by atoms with Crippen LogP contribution in [0.5, 0.6) is 5.75 Å². The second-order valence-corrected chi connectivity index (χ2v) is 7.54. The molecule has 0 aliphatic carbocycles. The molecule has 0 spiro atoms. The maximum atomic E-state index is 12.9. The van der Waals surface area contributed by atoms with Gasteiger partial charge in [-0.15, -0.1) is 0 Å². The fraction of sp³-hybridized carbons (Fsp3) is 0.435. The normalized spacial score (nSPS) is 17.5. The number of piperazine rings is 1. The highest BCUT2D eigenvalue weighted by Crippen LogP contribution is 2.25. The summed E-state index contributed by atoms with van der Waals surface area (Å²) in [5, 5.41) is 0. The number of hydrogen-bond acceptors (Lipinski definition) is 4. The maximum absolute atomic E-state index is 12.9. The van der Waals surface area contributed by atoms with Gasteiger partial charge in [0.05, 0.1) is 12.7 Å². The van der Waals surface area contributed by atoms with Crippen molar-refractivity contribution in [3.8, 4) is 5.75 Å². The van der Waals surface area contributed by atoms with E-state index in [-0.39, 0.29) is 5.91 Å². The monoisotopic (exact) mass is 379 g/mol. The van der Waals surface area contributed by atoms with Crippen LogP contribution in [0.2, 0.25) is 0 Å². The quantitative estimate of drug-likeness (QED) is 0.812. The molecule has 5 nitrogen and oxygen atoms in total. The van der Waals surface area contributed by atoms with Crippen LogP contribution in [0.4, 0.5) is 11.4 Å². The number of carbonyl (C=O) groups excluding carboxylic acids is 1. The number of amides is 1. The first kappa shape index (κ1) is 18.7. The van der Waals surface area contributed by atoms with Crippen LogP contribution in [0.25, 0.3) is 0 Å². The van der Waals surface area contributed by atoms with Crippen molar-refractivity contribution in [1.29, 1.82) is 0 Å². The molecule has 28 heavy (non-hydrogen) atoms. The van der Waals surface area contributed by atoms with Gasteiger partial charge in [-0.05, 0) is 55.7 Å². The van der Waals surface area contributed by atoms with E-state index in [2.05, 4.69) is 34.1 Å². The van der Waals surface area contributed by atoms with Crippen LogP contribution in [0, 0.1) is 0 Å². The number of rotatable bonds is 4. The van der Waals surface area contributed by atoms with Gasteiger partial charge < -0.3 is 19.4 Å². The van der Waals surface area contributed by atoms with E-state index >= 15 is 0 Å². The Balaban J connectivity index is 1.36. The van der Waals surface area contributed by atoms with Gasteiger partial charge in [-0.2, -0.15) is 0 Å². The molecule has 0 aromatic heterocycles. The van der Waals surface area contributed by atoms with Gasteiger partial charge in [0.2, 0.25) is 0 Å². The highest BCUT2D eigenvalue weighted by atomic mass is 16.5. The predicted octanol–water partition coefficient (Wildman–Crippen LogP) is 3.65. The molecule has 0 radical (unpaired) electrons. The Morgan fingerprint density at radius 2 is 1.32 bits per heavy atom. The van der Waals surface area contributed by atoms with Crippen LogP contribution >= 0.6 is 0 Å². The first-order valence-electron chi connectivity index (χ1n) is 10.3. The molecule has 5 heteroatoms. The molecule has 1 amide bonds. The summed E-state index contributed by atoms with van der Waals surface area (Å²) in [7, 11) is 1.61. The molecule has 0 N–H and O–H groups in total. The zero-order chi connectivity index (χ0) is 19.3. The summed E-state index contributed by atoms with van der Waals surface area (Å²) < 4.78 is 5.35. The number of nitrogens with zero attached hydrogens (tertiary/aromatic N) is 3. The first-order chi connectivity index (χ1) is 13.8. The van der Waals surface area contributed by atoms with Gasteiger partial charge in [-0.1, -0.05) is 12.1 Å². The van der Waals surface area contributed by atoms with E-state index in [1.54, 1.807) is 7.11 Å². The molecular formula is C23H29N3O2. The molecule has 2 heterocycles.